The summed E-state index contributed by atoms with van der Waals surface area (Å²) in [5, 5.41) is 35.8. The second-order valence-corrected chi connectivity index (χ2v) is 8.44. The molecule has 0 bridgehead atoms. The third kappa shape index (κ3) is 7.79. The Hall–Kier alpha value is -3.55. The van der Waals surface area contributed by atoms with Gasteiger partial charge in [0.1, 0.15) is 17.2 Å². The lowest BCUT2D eigenvalue weighted by Crippen LogP contribution is -2.32. The van der Waals surface area contributed by atoms with Gasteiger partial charge in [0.2, 0.25) is 5.91 Å². The number of nitrogens with one attached hydrogen (secondary N) is 2. The number of methoxy groups -OCH3 is 1. The van der Waals surface area contributed by atoms with Gasteiger partial charge < -0.3 is 30.7 Å². The summed E-state index contributed by atoms with van der Waals surface area (Å²) in [6.45, 7) is 2.73. The maximum atomic E-state index is 12.4. The van der Waals surface area contributed by atoms with Crippen LogP contribution in [0.1, 0.15) is 35.3 Å². The number of rotatable bonds is 11. The van der Waals surface area contributed by atoms with Crippen molar-refractivity contribution >= 4 is 5.91 Å². The number of aromatic hydroxyl groups is 2. The molecule has 3 aromatic rings. The number of aliphatic hydroxyl groups is 1. The molecule has 2 atom stereocenters. The van der Waals surface area contributed by atoms with Gasteiger partial charge in [-0.15, -0.1) is 0 Å². The van der Waals surface area contributed by atoms with E-state index in [0.29, 0.717) is 18.5 Å². The lowest BCUT2D eigenvalue weighted by molar-refractivity contribution is -0.120. The molecule has 34 heavy (non-hydrogen) atoms. The largest absolute Gasteiger partial charge is 0.508 e. The number of carbonyl (C=O) groups is 1. The molecule has 180 valence electrons. The molecule has 0 radical (unpaired) electrons. The highest BCUT2D eigenvalue weighted by atomic mass is 16.5. The van der Waals surface area contributed by atoms with Crippen LogP contribution in [0, 0.1) is 0 Å². The number of phenols is 2. The molecule has 0 heterocycles. The van der Waals surface area contributed by atoms with Gasteiger partial charge in [-0.1, -0.05) is 36.4 Å². The Morgan fingerprint density at radius 3 is 2.35 bits per heavy atom. The van der Waals surface area contributed by atoms with Crippen LogP contribution in [0.5, 0.6) is 17.2 Å². The zero-order chi connectivity index (χ0) is 24.5. The van der Waals surface area contributed by atoms with Crippen LogP contribution in [0.4, 0.5) is 0 Å². The van der Waals surface area contributed by atoms with Crippen molar-refractivity contribution in [3.63, 3.8) is 0 Å². The van der Waals surface area contributed by atoms with E-state index in [0.717, 1.165) is 28.9 Å². The van der Waals surface area contributed by atoms with Crippen LogP contribution >= 0.6 is 0 Å². The molecule has 0 spiro atoms. The predicted octanol–water partition coefficient (Wildman–Crippen LogP) is 3.22. The monoisotopic (exact) mass is 464 g/mol. The van der Waals surface area contributed by atoms with Crippen molar-refractivity contribution in [3.05, 3.63) is 89.0 Å². The highest BCUT2D eigenvalue weighted by Crippen LogP contribution is 2.24. The first kappa shape index (κ1) is 25.1. The number of hydrogen-bond acceptors (Lipinski definition) is 6. The number of hydrogen-bond donors (Lipinski definition) is 5. The van der Waals surface area contributed by atoms with Crippen molar-refractivity contribution in [3.8, 4) is 17.2 Å². The van der Waals surface area contributed by atoms with Crippen molar-refractivity contribution < 1.29 is 24.9 Å². The van der Waals surface area contributed by atoms with Crippen LogP contribution < -0.4 is 15.4 Å². The van der Waals surface area contributed by atoms with E-state index in [1.165, 1.54) is 18.2 Å². The van der Waals surface area contributed by atoms with Gasteiger partial charge in [-0.2, -0.15) is 0 Å². The molecule has 3 rings (SSSR count). The summed E-state index contributed by atoms with van der Waals surface area (Å²) in [5.74, 6) is 0.524. The van der Waals surface area contributed by atoms with E-state index in [1.54, 1.807) is 7.11 Å². The number of ether oxygens (including phenoxy) is 1. The quantitative estimate of drug-likeness (QED) is 0.298. The van der Waals surface area contributed by atoms with Crippen molar-refractivity contribution in [2.75, 3.05) is 13.7 Å². The van der Waals surface area contributed by atoms with E-state index in [-0.39, 0.29) is 30.0 Å². The fourth-order valence-corrected chi connectivity index (χ4v) is 3.76. The van der Waals surface area contributed by atoms with Gasteiger partial charge in [-0.25, -0.2) is 0 Å². The summed E-state index contributed by atoms with van der Waals surface area (Å²) in [6, 6.07) is 19.7. The summed E-state index contributed by atoms with van der Waals surface area (Å²) in [4.78, 5) is 12.4. The Kier molecular flexibility index (Phi) is 8.90. The van der Waals surface area contributed by atoms with Crippen molar-refractivity contribution in [2.24, 2.45) is 0 Å². The maximum absolute atomic E-state index is 12.4. The minimum Gasteiger partial charge on any atom is -0.508 e. The second kappa shape index (κ2) is 12.1. The van der Waals surface area contributed by atoms with Gasteiger partial charge in [-0.3, -0.25) is 4.79 Å². The number of carbonyl (C=O) groups excluding carboxylic acids is 1. The molecule has 0 saturated heterocycles. The lowest BCUT2D eigenvalue weighted by atomic mass is 10.0. The highest BCUT2D eigenvalue weighted by molar-refractivity contribution is 5.78. The highest BCUT2D eigenvalue weighted by Gasteiger charge is 2.13. The van der Waals surface area contributed by atoms with Gasteiger partial charge in [0.05, 0.1) is 19.6 Å². The van der Waals surface area contributed by atoms with Crippen LogP contribution in [-0.4, -0.2) is 40.9 Å². The fourth-order valence-electron chi connectivity index (χ4n) is 3.76. The average molecular weight is 465 g/mol. The Bertz CT molecular complexity index is 1080. The molecular weight excluding hydrogens is 432 g/mol. The van der Waals surface area contributed by atoms with E-state index in [9.17, 15) is 20.1 Å². The molecule has 0 aliphatic rings. The van der Waals surface area contributed by atoms with Gasteiger partial charge in [0.15, 0.2) is 0 Å². The maximum Gasteiger partial charge on any atom is 0.224 e. The summed E-state index contributed by atoms with van der Waals surface area (Å²) >= 11 is 0. The van der Waals surface area contributed by atoms with E-state index in [2.05, 4.69) is 10.6 Å². The Morgan fingerprint density at radius 2 is 1.62 bits per heavy atom. The van der Waals surface area contributed by atoms with Gasteiger partial charge in [0.25, 0.3) is 0 Å². The van der Waals surface area contributed by atoms with Crippen LogP contribution in [0.15, 0.2) is 66.7 Å². The summed E-state index contributed by atoms with van der Waals surface area (Å²) in [6.07, 6.45) is 0.149. The minimum atomic E-state index is -0.861. The molecule has 7 heteroatoms. The topological polar surface area (TPSA) is 111 Å². The molecule has 0 aliphatic carbocycles. The average Bonchev–Trinajstić information content (AvgIpc) is 2.81. The third-order valence-corrected chi connectivity index (χ3v) is 5.49. The standard InChI is InChI=1S/C27H32N2O5/c1-18(28-17-26(32)22-13-23(30)15-24(31)14-22)9-19-5-3-6-20(10-19)12-27(33)29-16-21-7-4-8-25(11-21)34-2/h3-8,10-11,13-15,18,26,28,30-32H,9,12,16-17H2,1-2H3,(H,29,33)/t18-,26+/m1/s1. The molecule has 1 amide bonds. The molecule has 0 saturated carbocycles. The third-order valence-electron chi connectivity index (χ3n) is 5.49. The van der Waals surface area contributed by atoms with E-state index in [1.807, 2.05) is 55.5 Å². The van der Waals surface area contributed by atoms with Crippen molar-refractivity contribution in [1.82, 2.24) is 10.6 Å². The fraction of sp³-hybridized carbons (Fsp3) is 0.296. The molecule has 5 N–H and O–H groups in total. The Morgan fingerprint density at radius 1 is 0.941 bits per heavy atom. The molecular formula is C27H32N2O5. The molecule has 0 aliphatic heterocycles. The van der Waals surface area contributed by atoms with Gasteiger partial charge in [-0.05, 0) is 59.9 Å². The Labute approximate surface area is 200 Å². The number of phenolic OH excluding ortho intramolecular Hbond substituents is 2. The number of benzene rings is 3. The Balaban J connectivity index is 1.47. The second-order valence-electron chi connectivity index (χ2n) is 8.44. The molecule has 0 unspecified atom stereocenters. The van der Waals surface area contributed by atoms with E-state index < -0.39 is 6.10 Å². The first-order valence-corrected chi connectivity index (χ1v) is 11.2. The van der Waals surface area contributed by atoms with Crippen molar-refractivity contribution in [1.29, 1.82) is 0 Å². The molecule has 7 nitrogen and oxygen atoms in total. The lowest BCUT2D eigenvalue weighted by Gasteiger charge is -2.18. The van der Waals surface area contributed by atoms with Crippen LogP contribution in [0.2, 0.25) is 0 Å². The smallest absolute Gasteiger partial charge is 0.224 e. The van der Waals surface area contributed by atoms with E-state index >= 15 is 0 Å². The zero-order valence-corrected chi connectivity index (χ0v) is 19.5. The van der Waals surface area contributed by atoms with Crippen LogP contribution in [-0.2, 0) is 24.2 Å². The number of aliphatic hydroxyl groups excluding tert-OH is 1. The zero-order valence-electron chi connectivity index (χ0n) is 19.5. The molecule has 0 fully saturated rings. The van der Waals surface area contributed by atoms with Crippen molar-refractivity contribution in [2.45, 2.75) is 38.5 Å². The summed E-state index contributed by atoms with van der Waals surface area (Å²) in [5.41, 5.74) is 3.44. The van der Waals surface area contributed by atoms with Gasteiger partial charge >= 0.3 is 0 Å². The normalized spacial score (nSPS) is 12.7. The van der Waals surface area contributed by atoms with E-state index in [4.69, 9.17) is 4.74 Å². The van der Waals surface area contributed by atoms with Gasteiger partial charge in [0, 0.05) is 25.2 Å². The van der Waals surface area contributed by atoms with Crippen LogP contribution in [0.25, 0.3) is 0 Å². The molecule has 3 aromatic carbocycles. The summed E-state index contributed by atoms with van der Waals surface area (Å²) < 4.78 is 5.21. The SMILES string of the molecule is COc1cccc(CNC(=O)Cc2cccc(C[C@@H](C)NC[C@H](O)c3cc(O)cc(O)c3)c2)c1. The summed E-state index contributed by atoms with van der Waals surface area (Å²) in [7, 11) is 1.61. The molecule has 0 aromatic heterocycles. The first-order valence-electron chi connectivity index (χ1n) is 11.2. The first-order chi connectivity index (χ1) is 16.3. The predicted molar refractivity (Wildman–Crippen MR) is 131 cm³/mol. The number of amides is 1. The van der Waals surface area contributed by atoms with Crippen LogP contribution in [0.3, 0.4) is 0 Å². The minimum absolute atomic E-state index is 0.0522.